The summed E-state index contributed by atoms with van der Waals surface area (Å²) in [5.41, 5.74) is 8.54. The lowest BCUT2D eigenvalue weighted by Crippen LogP contribution is -2.62. The molecule has 2 aliphatic heterocycles. The van der Waals surface area contributed by atoms with Crippen molar-refractivity contribution in [2.75, 3.05) is 26.3 Å². The van der Waals surface area contributed by atoms with Crippen molar-refractivity contribution in [1.82, 2.24) is 10.2 Å². The quantitative estimate of drug-likeness (QED) is 0.258. The van der Waals surface area contributed by atoms with Crippen molar-refractivity contribution in [2.45, 2.75) is 25.4 Å². The molecule has 2 heterocycles. The van der Waals surface area contributed by atoms with E-state index in [0.29, 0.717) is 46.6 Å². The van der Waals surface area contributed by atoms with Crippen LogP contribution in [0.25, 0.3) is 5.57 Å². The van der Waals surface area contributed by atoms with Gasteiger partial charge in [-0.05, 0) is 54.3 Å². The number of fused-ring (bicyclic) bond motifs is 2. The number of carboxylic acids is 1. The number of halogens is 2. The Balaban J connectivity index is 1.41. The molecule has 0 radical (unpaired) electrons. The summed E-state index contributed by atoms with van der Waals surface area (Å²) >= 11 is 12.4. The van der Waals surface area contributed by atoms with E-state index in [1.807, 2.05) is 31.2 Å². The highest BCUT2D eigenvalue weighted by atomic mass is 35.5. The molecule has 1 saturated heterocycles. The van der Waals surface area contributed by atoms with Crippen molar-refractivity contribution in [2.24, 2.45) is 5.73 Å². The summed E-state index contributed by atoms with van der Waals surface area (Å²) in [5.74, 6) is 0.0629. The molecule has 2 aromatic rings. The number of ether oxygens (including phenoxy) is 2. The summed E-state index contributed by atoms with van der Waals surface area (Å²) in [7, 11) is 0. The first-order valence-electron chi connectivity index (χ1n) is 10.9. The average molecular weight is 505 g/mol. The fourth-order valence-electron chi connectivity index (χ4n) is 4.44. The number of nitrogens with one attached hydrogen (secondary N) is 2. The molecule has 2 atom stereocenters. The Hall–Kier alpha value is -2.94. The smallest absolute Gasteiger partial charge is 0.333 e. The van der Waals surface area contributed by atoms with Crippen LogP contribution in [0.3, 0.4) is 0 Å². The molecule has 10 heteroatoms. The second-order valence-corrected chi connectivity index (χ2v) is 9.20. The first-order chi connectivity index (χ1) is 16.2. The molecule has 2 bridgehead atoms. The Labute approximate surface area is 207 Å². The SMILES string of the molecule is Cc1cc(Cl)c(OCCOc2ccc(C3=C(C(=O)O)[C@H]4CN(C(=N)N)C[C@@H](C3)N4)cc2)c(Cl)c1. The van der Waals surface area contributed by atoms with Crippen molar-refractivity contribution in [3.8, 4) is 11.5 Å². The number of carbonyl (C=O) groups is 1. The van der Waals surface area contributed by atoms with Gasteiger partial charge in [-0.3, -0.25) is 5.41 Å². The summed E-state index contributed by atoms with van der Waals surface area (Å²) in [6.45, 7) is 3.38. The highest BCUT2D eigenvalue weighted by Crippen LogP contribution is 2.35. The topological polar surface area (TPSA) is 121 Å². The average Bonchev–Trinajstić information content (AvgIpc) is 2.77. The molecule has 0 amide bonds. The van der Waals surface area contributed by atoms with E-state index in [0.717, 1.165) is 16.7 Å². The number of rotatable bonds is 7. The van der Waals surface area contributed by atoms with Gasteiger partial charge in [-0.1, -0.05) is 35.3 Å². The Kier molecular flexibility index (Phi) is 7.21. The number of nitrogens with zero attached hydrogens (tertiary/aromatic N) is 1. The van der Waals surface area contributed by atoms with Gasteiger partial charge in [-0.15, -0.1) is 0 Å². The zero-order valence-electron chi connectivity index (χ0n) is 18.6. The molecule has 2 aliphatic rings. The van der Waals surface area contributed by atoms with Gasteiger partial charge in [-0.25, -0.2) is 4.79 Å². The van der Waals surface area contributed by atoms with E-state index in [2.05, 4.69) is 5.32 Å². The highest BCUT2D eigenvalue weighted by molar-refractivity contribution is 6.37. The zero-order chi connectivity index (χ0) is 24.4. The van der Waals surface area contributed by atoms with E-state index in [1.54, 1.807) is 17.0 Å². The van der Waals surface area contributed by atoms with Crippen molar-refractivity contribution < 1.29 is 19.4 Å². The van der Waals surface area contributed by atoms with Gasteiger partial charge in [0.15, 0.2) is 11.7 Å². The van der Waals surface area contributed by atoms with E-state index in [9.17, 15) is 9.90 Å². The van der Waals surface area contributed by atoms with Crippen LogP contribution in [0, 0.1) is 12.3 Å². The predicted octanol–water partition coefficient (Wildman–Crippen LogP) is 3.54. The fraction of sp³-hybridized carbons (Fsp3) is 0.333. The molecule has 0 aliphatic carbocycles. The molecule has 5 N–H and O–H groups in total. The van der Waals surface area contributed by atoms with E-state index < -0.39 is 12.0 Å². The van der Waals surface area contributed by atoms with Crippen molar-refractivity contribution >= 4 is 40.7 Å². The molecular formula is C24H26Cl2N4O4. The van der Waals surface area contributed by atoms with Crippen LogP contribution in [-0.4, -0.2) is 60.3 Å². The Bertz CT molecular complexity index is 1110. The van der Waals surface area contributed by atoms with Crippen LogP contribution < -0.4 is 20.5 Å². The minimum atomic E-state index is -0.970. The van der Waals surface area contributed by atoms with Gasteiger partial charge < -0.3 is 30.5 Å². The Morgan fingerprint density at radius 1 is 1.18 bits per heavy atom. The molecular weight excluding hydrogens is 479 g/mol. The van der Waals surface area contributed by atoms with Gasteiger partial charge in [0.05, 0.1) is 21.7 Å². The largest absolute Gasteiger partial charge is 0.490 e. The molecule has 1 fully saturated rings. The van der Waals surface area contributed by atoms with Crippen LogP contribution in [0.1, 0.15) is 17.5 Å². The minimum Gasteiger partial charge on any atom is -0.490 e. The monoisotopic (exact) mass is 504 g/mol. The van der Waals surface area contributed by atoms with E-state index >= 15 is 0 Å². The summed E-state index contributed by atoms with van der Waals surface area (Å²) in [4.78, 5) is 13.8. The standard InChI is InChI=1S/C24H26Cl2N4O4/c1-13-8-18(25)22(19(26)9-13)34-7-6-33-16-4-2-14(3-5-16)17-10-15-11-30(24(27)28)12-20(29-15)21(17)23(31)32/h2-5,8-9,15,20,29H,6-7,10-12H2,1H3,(H3,27,28)(H,31,32)/t15-,20-/m1/s1. The molecule has 0 spiro atoms. The molecule has 0 saturated carbocycles. The maximum absolute atomic E-state index is 12.1. The fourth-order valence-corrected chi connectivity index (χ4v) is 5.15. The summed E-state index contributed by atoms with van der Waals surface area (Å²) < 4.78 is 11.4. The van der Waals surface area contributed by atoms with Crippen LogP contribution >= 0.6 is 23.2 Å². The molecule has 0 unspecified atom stereocenters. The maximum atomic E-state index is 12.1. The molecule has 4 rings (SSSR count). The van der Waals surface area contributed by atoms with Gasteiger partial charge in [0, 0.05) is 19.1 Å². The number of hydrogen-bond donors (Lipinski definition) is 4. The highest BCUT2D eigenvalue weighted by Gasteiger charge is 2.38. The molecule has 34 heavy (non-hydrogen) atoms. The summed E-state index contributed by atoms with van der Waals surface area (Å²) in [5, 5.41) is 21.9. The number of carboxylic acid groups (broad SMARTS) is 1. The van der Waals surface area contributed by atoms with E-state index in [4.69, 9.17) is 43.8 Å². The van der Waals surface area contributed by atoms with Crippen LogP contribution in [0.2, 0.25) is 10.0 Å². The second kappa shape index (κ2) is 10.1. The number of guanidine groups is 1. The minimum absolute atomic E-state index is 0.0225. The lowest BCUT2D eigenvalue weighted by atomic mass is 9.83. The Morgan fingerprint density at radius 2 is 1.82 bits per heavy atom. The lowest BCUT2D eigenvalue weighted by molar-refractivity contribution is -0.133. The summed E-state index contributed by atoms with van der Waals surface area (Å²) in [6, 6.07) is 10.6. The van der Waals surface area contributed by atoms with Crippen molar-refractivity contribution in [1.29, 1.82) is 5.41 Å². The van der Waals surface area contributed by atoms with E-state index in [-0.39, 0.29) is 25.2 Å². The molecule has 180 valence electrons. The van der Waals surface area contributed by atoms with Crippen LogP contribution in [0.15, 0.2) is 42.0 Å². The number of piperazine rings is 1. The molecule has 2 aromatic carbocycles. The third kappa shape index (κ3) is 5.24. The van der Waals surface area contributed by atoms with Gasteiger partial charge >= 0.3 is 5.97 Å². The number of benzene rings is 2. The number of aryl methyl sites for hydroxylation is 1. The number of hydrogen-bond acceptors (Lipinski definition) is 5. The normalized spacial score (nSPS) is 19.7. The molecule has 0 aromatic heterocycles. The van der Waals surface area contributed by atoms with Gasteiger partial charge in [0.2, 0.25) is 0 Å². The maximum Gasteiger partial charge on any atom is 0.333 e. The molecule has 8 nitrogen and oxygen atoms in total. The number of nitrogens with two attached hydrogens (primary N) is 1. The Morgan fingerprint density at radius 3 is 2.44 bits per heavy atom. The first-order valence-corrected chi connectivity index (χ1v) is 11.6. The van der Waals surface area contributed by atoms with Crippen molar-refractivity contribution in [3.05, 3.63) is 63.1 Å². The predicted molar refractivity (Wildman–Crippen MR) is 132 cm³/mol. The van der Waals surface area contributed by atoms with Gasteiger partial charge in [0.1, 0.15) is 19.0 Å². The third-order valence-corrected chi connectivity index (χ3v) is 6.48. The van der Waals surface area contributed by atoms with E-state index in [1.165, 1.54) is 0 Å². The number of aliphatic carboxylic acids is 1. The lowest BCUT2D eigenvalue weighted by Gasteiger charge is -2.43. The van der Waals surface area contributed by atoms with Crippen molar-refractivity contribution in [3.63, 3.8) is 0 Å². The second-order valence-electron chi connectivity index (χ2n) is 8.39. The van der Waals surface area contributed by atoms with Crippen LogP contribution in [0.4, 0.5) is 0 Å². The first kappa shape index (κ1) is 24.2. The van der Waals surface area contributed by atoms with Crippen LogP contribution in [0.5, 0.6) is 11.5 Å². The van der Waals surface area contributed by atoms with Gasteiger partial charge in [-0.2, -0.15) is 0 Å². The summed E-state index contributed by atoms with van der Waals surface area (Å²) in [6.07, 6.45) is 0.536. The van der Waals surface area contributed by atoms with Gasteiger partial charge in [0.25, 0.3) is 0 Å². The van der Waals surface area contributed by atoms with Crippen LogP contribution in [-0.2, 0) is 4.79 Å². The zero-order valence-corrected chi connectivity index (χ0v) is 20.1. The third-order valence-electron chi connectivity index (χ3n) is 5.92.